The Labute approximate surface area is 249 Å². The molecule has 0 saturated carbocycles. The maximum Gasteiger partial charge on any atom is 0.324 e. The van der Waals surface area contributed by atoms with Crippen LogP contribution in [0.5, 0.6) is 11.5 Å². The lowest BCUT2D eigenvalue weighted by atomic mass is 9.80. The first-order valence-electron chi connectivity index (χ1n) is 12.6. The third kappa shape index (κ3) is 5.66. The van der Waals surface area contributed by atoms with E-state index >= 15 is 0 Å². The first kappa shape index (κ1) is 28.3. The van der Waals surface area contributed by atoms with Crippen molar-refractivity contribution in [3.05, 3.63) is 92.0 Å². The van der Waals surface area contributed by atoms with Crippen LogP contribution in [0.25, 0.3) is 10.9 Å². The molecule has 10 heteroatoms. The van der Waals surface area contributed by atoms with Gasteiger partial charge in [0.2, 0.25) is 0 Å². The second kappa shape index (κ2) is 11.4. The summed E-state index contributed by atoms with van der Waals surface area (Å²) in [5.41, 5.74) is 3.07. The minimum atomic E-state index is -1.35. The third-order valence-electron chi connectivity index (χ3n) is 6.55. The number of esters is 2. The summed E-state index contributed by atoms with van der Waals surface area (Å²) in [7, 11) is 0. The first-order chi connectivity index (χ1) is 19.1. The Bertz CT molecular complexity index is 1580. The zero-order valence-corrected chi connectivity index (χ0v) is 25.0. The van der Waals surface area contributed by atoms with Gasteiger partial charge in [-0.3, -0.25) is 9.59 Å². The number of rotatable bonds is 8. The van der Waals surface area contributed by atoms with Crippen molar-refractivity contribution in [2.24, 2.45) is 5.92 Å². The standard InChI is InChI=1S/C30H26BrCl2NO6/c1-4-37-24-13-17(12-20(31)27(24)38-15-16-9-10-21(32)22(33)11-16)25(19-14-34-23-8-6-5-7-18(19)23)26-28(35)39-30(2,3)40-29(26)36/h5-14,25-26,34H,4,15H2,1-3H3/t25-/m0/s1. The second-order valence-electron chi connectivity index (χ2n) is 9.79. The van der Waals surface area contributed by atoms with Crippen molar-refractivity contribution < 1.29 is 28.5 Å². The number of aromatic nitrogens is 1. The molecular formula is C30H26BrCl2NO6. The average Bonchev–Trinajstić information content (AvgIpc) is 3.31. The highest BCUT2D eigenvalue weighted by molar-refractivity contribution is 9.10. The summed E-state index contributed by atoms with van der Waals surface area (Å²) < 4.78 is 23.8. The molecule has 208 valence electrons. The van der Waals surface area contributed by atoms with E-state index in [9.17, 15) is 9.59 Å². The van der Waals surface area contributed by atoms with Crippen LogP contribution >= 0.6 is 39.1 Å². The van der Waals surface area contributed by atoms with E-state index < -0.39 is 29.6 Å². The maximum atomic E-state index is 13.3. The lowest BCUT2D eigenvalue weighted by Gasteiger charge is -2.36. The number of fused-ring (bicyclic) bond motifs is 1. The van der Waals surface area contributed by atoms with Crippen molar-refractivity contribution in [2.45, 2.75) is 39.1 Å². The van der Waals surface area contributed by atoms with Crippen LogP contribution in [0.2, 0.25) is 10.0 Å². The Morgan fingerprint density at radius 3 is 2.42 bits per heavy atom. The van der Waals surface area contributed by atoms with E-state index in [1.165, 1.54) is 13.8 Å². The SMILES string of the molecule is CCOc1cc([C@@H](c2c[nH]c3ccccc23)C2C(=O)OC(C)(C)OC2=O)cc(Br)c1OCc1ccc(Cl)c(Cl)c1. The Hall–Kier alpha value is -3.20. The number of aromatic amines is 1. The number of ether oxygens (including phenoxy) is 4. The molecule has 1 saturated heterocycles. The Morgan fingerprint density at radius 1 is 1.00 bits per heavy atom. The number of H-pyrrole nitrogens is 1. The van der Waals surface area contributed by atoms with E-state index in [1.54, 1.807) is 24.4 Å². The van der Waals surface area contributed by atoms with Gasteiger partial charge in [0, 0.05) is 36.9 Å². The number of hydrogen-bond donors (Lipinski definition) is 1. The highest BCUT2D eigenvalue weighted by atomic mass is 79.9. The number of benzene rings is 3. The summed E-state index contributed by atoms with van der Waals surface area (Å²) in [4.78, 5) is 29.9. The van der Waals surface area contributed by atoms with Crippen LogP contribution in [0.15, 0.2) is 65.3 Å². The summed E-state index contributed by atoms with van der Waals surface area (Å²) in [5, 5.41) is 1.75. The minimum absolute atomic E-state index is 0.206. The summed E-state index contributed by atoms with van der Waals surface area (Å²) in [5.74, 6) is -3.76. The zero-order valence-electron chi connectivity index (χ0n) is 21.9. The molecule has 0 aliphatic carbocycles. The molecule has 1 fully saturated rings. The van der Waals surface area contributed by atoms with Crippen molar-refractivity contribution in [2.75, 3.05) is 6.61 Å². The Morgan fingerprint density at radius 2 is 1.73 bits per heavy atom. The van der Waals surface area contributed by atoms with Gasteiger partial charge in [-0.1, -0.05) is 47.5 Å². The van der Waals surface area contributed by atoms with Gasteiger partial charge in [0.15, 0.2) is 17.4 Å². The summed E-state index contributed by atoms with van der Waals surface area (Å²) in [6.45, 7) is 5.49. The lowest BCUT2D eigenvalue weighted by molar-refractivity contribution is -0.240. The van der Waals surface area contributed by atoms with E-state index in [1.807, 2.05) is 43.3 Å². The molecule has 0 unspecified atom stereocenters. The van der Waals surface area contributed by atoms with Gasteiger partial charge < -0.3 is 23.9 Å². The highest BCUT2D eigenvalue weighted by Crippen LogP contribution is 2.46. The molecule has 0 radical (unpaired) electrons. The molecule has 4 aromatic rings. The molecule has 1 N–H and O–H groups in total. The second-order valence-corrected chi connectivity index (χ2v) is 11.5. The molecule has 1 aliphatic rings. The van der Waals surface area contributed by atoms with Gasteiger partial charge in [0.25, 0.3) is 5.79 Å². The monoisotopic (exact) mass is 645 g/mol. The van der Waals surface area contributed by atoms with Crippen LogP contribution in [0.4, 0.5) is 0 Å². The van der Waals surface area contributed by atoms with Crippen molar-refractivity contribution in [1.29, 1.82) is 0 Å². The lowest BCUT2D eigenvalue weighted by Crippen LogP contribution is -2.48. The number of hydrogen-bond acceptors (Lipinski definition) is 6. The molecule has 2 heterocycles. The maximum absolute atomic E-state index is 13.3. The fourth-order valence-corrected chi connectivity index (χ4v) is 5.75. The number of nitrogens with one attached hydrogen (secondary N) is 1. The van der Waals surface area contributed by atoms with E-state index in [2.05, 4.69) is 20.9 Å². The molecule has 7 nitrogen and oxygen atoms in total. The predicted molar refractivity (Wildman–Crippen MR) is 156 cm³/mol. The zero-order chi connectivity index (χ0) is 28.6. The summed E-state index contributed by atoms with van der Waals surface area (Å²) in [6.07, 6.45) is 1.80. The molecule has 1 aromatic heterocycles. The summed E-state index contributed by atoms with van der Waals surface area (Å²) >= 11 is 15.8. The number of cyclic esters (lactones) is 2. The van der Waals surface area contributed by atoms with Crippen LogP contribution in [0.1, 0.15) is 43.4 Å². The van der Waals surface area contributed by atoms with Crippen LogP contribution in [0, 0.1) is 5.92 Å². The molecule has 0 amide bonds. The Kier molecular flexibility index (Phi) is 8.04. The highest BCUT2D eigenvalue weighted by Gasteiger charge is 2.49. The van der Waals surface area contributed by atoms with Crippen molar-refractivity contribution >= 4 is 62.0 Å². The molecule has 1 aliphatic heterocycles. The molecule has 0 bridgehead atoms. The number of halogens is 3. The number of carbonyl (C=O) groups is 2. The van der Waals surface area contributed by atoms with Crippen LogP contribution in [-0.4, -0.2) is 29.3 Å². The topological polar surface area (TPSA) is 86.9 Å². The van der Waals surface area contributed by atoms with E-state index in [0.717, 1.165) is 22.0 Å². The number of carbonyl (C=O) groups excluding carboxylic acids is 2. The van der Waals surface area contributed by atoms with Gasteiger partial charge in [-0.25, -0.2) is 0 Å². The molecule has 40 heavy (non-hydrogen) atoms. The van der Waals surface area contributed by atoms with E-state index in [4.69, 9.17) is 42.1 Å². The van der Waals surface area contributed by atoms with Crippen molar-refractivity contribution in [1.82, 2.24) is 4.98 Å². The van der Waals surface area contributed by atoms with Gasteiger partial charge in [-0.05, 0) is 69.9 Å². The quantitative estimate of drug-likeness (QED) is 0.155. The number of para-hydroxylation sites is 1. The van der Waals surface area contributed by atoms with Gasteiger partial charge in [-0.15, -0.1) is 0 Å². The third-order valence-corrected chi connectivity index (χ3v) is 7.88. The smallest absolute Gasteiger partial charge is 0.324 e. The van der Waals surface area contributed by atoms with Crippen molar-refractivity contribution in [3.63, 3.8) is 0 Å². The predicted octanol–water partition coefficient (Wildman–Crippen LogP) is 7.80. The normalized spacial score (nSPS) is 15.9. The largest absolute Gasteiger partial charge is 0.490 e. The fourth-order valence-electron chi connectivity index (χ4n) is 4.86. The van der Waals surface area contributed by atoms with Crippen LogP contribution in [0.3, 0.4) is 0 Å². The van der Waals surface area contributed by atoms with Gasteiger partial charge in [-0.2, -0.15) is 0 Å². The van der Waals surface area contributed by atoms with E-state index in [0.29, 0.717) is 38.2 Å². The molecular weight excluding hydrogens is 621 g/mol. The minimum Gasteiger partial charge on any atom is -0.490 e. The van der Waals surface area contributed by atoms with Crippen molar-refractivity contribution in [3.8, 4) is 11.5 Å². The van der Waals surface area contributed by atoms with E-state index in [-0.39, 0.29) is 6.61 Å². The average molecular weight is 647 g/mol. The van der Waals surface area contributed by atoms with Gasteiger partial charge in [0.05, 0.1) is 21.1 Å². The molecule has 1 atom stereocenters. The molecule has 3 aromatic carbocycles. The Balaban J connectivity index is 1.60. The van der Waals surface area contributed by atoms with Gasteiger partial charge in [0.1, 0.15) is 6.61 Å². The van der Waals surface area contributed by atoms with Crippen LogP contribution < -0.4 is 9.47 Å². The van der Waals surface area contributed by atoms with Gasteiger partial charge >= 0.3 is 11.9 Å². The fraction of sp³-hybridized carbons (Fsp3) is 0.267. The summed E-state index contributed by atoms with van der Waals surface area (Å²) in [6, 6.07) is 16.5. The van der Waals surface area contributed by atoms with Crippen LogP contribution in [-0.2, 0) is 25.7 Å². The first-order valence-corrected chi connectivity index (χ1v) is 14.2. The molecule has 0 spiro atoms. The molecule has 5 rings (SSSR count).